The molecule has 0 spiro atoms. The SMILES string of the molecule is COc1cc(N)c([C@H]2C[C@@H](O[Si](C(C)C)(C(C)C)C(C)C)[C@H](O[Si](C(C)C)(C(C)C)C(C)C)[C@@H](CO[Si](C(C)C)(C(C)C)C(C)C)O2)cn1. The van der Waals surface area contributed by atoms with Crippen LogP contribution in [0.4, 0.5) is 5.69 Å². The highest BCUT2D eigenvalue weighted by molar-refractivity contribution is 6.78. The van der Waals surface area contributed by atoms with Crippen LogP contribution in [0.15, 0.2) is 12.3 Å². The number of anilines is 1. The number of nitrogens with two attached hydrogens (primary N) is 1. The lowest BCUT2D eigenvalue weighted by molar-refractivity contribution is -0.172. The summed E-state index contributed by atoms with van der Waals surface area (Å²) in [5.74, 6) is 0.500. The van der Waals surface area contributed by atoms with Crippen LogP contribution in [0.3, 0.4) is 0 Å². The molecule has 0 aromatic carbocycles. The quantitative estimate of drug-likeness (QED) is 0.150. The first-order valence-corrected chi connectivity index (χ1v) is 25.9. The second-order valence-electron chi connectivity index (χ2n) is 17.8. The highest BCUT2D eigenvalue weighted by Gasteiger charge is 2.56. The van der Waals surface area contributed by atoms with Gasteiger partial charge in [0.25, 0.3) is 0 Å². The number of hydrogen-bond acceptors (Lipinski definition) is 7. The highest BCUT2D eigenvalue weighted by atomic mass is 28.4. The van der Waals surface area contributed by atoms with Crippen molar-refractivity contribution in [2.75, 3.05) is 19.5 Å². The van der Waals surface area contributed by atoms with E-state index in [1.165, 1.54) is 0 Å². The summed E-state index contributed by atoms with van der Waals surface area (Å²) in [6.07, 6.45) is 1.41. The van der Waals surface area contributed by atoms with E-state index >= 15 is 0 Å². The van der Waals surface area contributed by atoms with E-state index < -0.39 is 25.0 Å². The standard InChI is InChI=1S/C39H78N2O5Si3/c1-24(2)47(25(3)4,26(5)6)43-23-37-39(46-49(30(13)14,31(15)16)32(17)18)36(45-48(27(7)8,28(9)10)29(11)12)21-35(44-37)33-22-41-38(42-19)20-34(33)40/h20,22,24-32,35-37,39H,21,23H2,1-19H3,(H2,40,41)/t35-,36-,37-,39+/m1/s1. The van der Waals surface area contributed by atoms with Crippen LogP contribution in [0.1, 0.15) is 143 Å². The van der Waals surface area contributed by atoms with Gasteiger partial charge >= 0.3 is 0 Å². The molecular weight excluding hydrogens is 661 g/mol. The molecule has 1 aliphatic rings. The lowest BCUT2D eigenvalue weighted by Gasteiger charge is -2.54. The lowest BCUT2D eigenvalue weighted by atomic mass is 9.94. The number of nitrogens with zero attached hydrogens (tertiary/aromatic N) is 1. The summed E-state index contributed by atoms with van der Waals surface area (Å²) >= 11 is 0. The molecule has 2 rings (SSSR count). The van der Waals surface area contributed by atoms with E-state index in [2.05, 4.69) is 130 Å². The Labute approximate surface area is 305 Å². The van der Waals surface area contributed by atoms with Crippen molar-refractivity contribution >= 4 is 30.6 Å². The topological polar surface area (TPSA) is 85.1 Å². The molecule has 4 atom stereocenters. The van der Waals surface area contributed by atoms with Gasteiger partial charge in [0.15, 0.2) is 8.32 Å². The van der Waals surface area contributed by atoms with Gasteiger partial charge in [-0.15, -0.1) is 0 Å². The molecule has 0 amide bonds. The van der Waals surface area contributed by atoms with E-state index in [9.17, 15) is 0 Å². The van der Waals surface area contributed by atoms with E-state index in [0.29, 0.717) is 74.5 Å². The maximum Gasteiger partial charge on any atom is 0.214 e. The molecule has 2 heterocycles. The van der Waals surface area contributed by atoms with Gasteiger partial charge in [-0.2, -0.15) is 0 Å². The predicted molar refractivity (Wildman–Crippen MR) is 216 cm³/mol. The van der Waals surface area contributed by atoms with Gasteiger partial charge in [0.2, 0.25) is 22.5 Å². The minimum absolute atomic E-state index is 0.177. The van der Waals surface area contributed by atoms with Crippen LogP contribution in [0.5, 0.6) is 5.88 Å². The third-order valence-corrected chi connectivity index (χ3v) is 30.6. The van der Waals surface area contributed by atoms with Crippen LogP contribution in [0, 0.1) is 0 Å². The minimum Gasteiger partial charge on any atom is -0.481 e. The van der Waals surface area contributed by atoms with Crippen LogP contribution < -0.4 is 10.5 Å². The first kappa shape index (κ1) is 44.4. The molecule has 7 nitrogen and oxygen atoms in total. The van der Waals surface area contributed by atoms with Crippen molar-refractivity contribution in [2.24, 2.45) is 0 Å². The fourth-order valence-electron chi connectivity index (χ4n) is 10.4. The second-order valence-corrected chi connectivity index (χ2v) is 34.0. The molecule has 49 heavy (non-hydrogen) atoms. The van der Waals surface area contributed by atoms with E-state index in [1.807, 2.05) is 6.20 Å². The van der Waals surface area contributed by atoms with Gasteiger partial charge in [0, 0.05) is 29.9 Å². The molecule has 2 N–H and O–H groups in total. The van der Waals surface area contributed by atoms with Gasteiger partial charge in [-0.05, 0) is 49.9 Å². The van der Waals surface area contributed by atoms with E-state index in [0.717, 1.165) is 5.56 Å². The smallest absolute Gasteiger partial charge is 0.214 e. The highest BCUT2D eigenvalue weighted by Crippen LogP contribution is 2.50. The van der Waals surface area contributed by atoms with Crippen molar-refractivity contribution in [3.63, 3.8) is 0 Å². The molecule has 0 bridgehead atoms. The van der Waals surface area contributed by atoms with Crippen molar-refractivity contribution < 1.29 is 22.8 Å². The number of hydrogen-bond donors (Lipinski definition) is 1. The third-order valence-electron chi connectivity index (χ3n) is 12.3. The van der Waals surface area contributed by atoms with Gasteiger partial charge in [-0.25, -0.2) is 4.98 Å². The van der Waals surface area contributed by atoms with Crippen molar-refractivity contribution in [3.05, 3.63) is 17.8 Å². The van der Waals surface area contributed by atoms with Gasteiger partial charge in [0.1, 0.15) is 6.10 Å². The monoisotopic (exact) mass is 739 g/mol. The van der Waals surface area contributed by atoms with Gasteiger partial charge in [0.05, 0.1) is 32.0 Å². The lowest BCUT2D eigenvalue weighted by Crippen LogP contribution is -2.62. The number of pyridine rings is 1. The Bertz CT molecular complexity index is 1090. The zero-order chi connectivity index (χ0) is 37.8. The molecule has 1 aromatic heterocycles. The number of methoxy groups -OCH3 is 1. The zero-order valence-corrected chi connectivity index (χ0v) is 38.1. The van der Waals surface area contributed by atoms with Crippen LogP contribution in [0.25, 0.3) is 0 Å². The van der Waals surface area contributed by atoms with Crippen molar-refractivity contribution in [2.45, 2.75) is 205 Å². The summed E-state index contributed by atoms with van der Waals surface area (Å²) in [7, 11) is -5.30. The number of rotatable bonds is 18. The summed E-state index contributed by atoms with van der Waals surface area (Å²) in [4.78, 5) is 4.58. The Hall–Kier alpha value is -0.759. The number of ether oxygens (including phenoxy) is 2. The van der Waals surface area contributed by atoms with Crippen molar-refractivity contribution in [1.82, 2.24) is 4.98 Å². The molecule has 0 aliphatic carbocycles. The Morgan fingerprint density at radius 3 is 1.45 bits per heavy atom. The Kier molecular flexibility index (Phi) is 16.2. The maximum absolute atomic E-state index is 7.85. The Balaban J connectivity index is 2.92. The van der Waals surface area contributed by atoms with Gasteiger partial charge < -0.3 is 28.5 Å². The van der Waals surface area contributed by atoms with E-state index in [1.54, 1.807) is 13.2 Å². The molecule has 286 valence electrons. The number of aromatic nitrogens is 1. The van der Waals surface area contributed by atoms with Gasteiger partial charge in [-0.1, -0.05) is 125 Å². The number of nitrogen functional groups attached to an aromatic ring is 1. The molecule has 0 radical (unpaired) electrons. The fourth-order valence-corrected chi connectivity index (χ4v) is 27.0. The summed E-state index contributed by atoms with van der Waals surface area (Å²) in [6.45, 7) is 43.0. The van der Waals surface area contributed by atoms with Crippen molar-refractivity contribution in [3.8, 4) is 5.88 Å². The molecule has 1 aliphatic heterocycles. The van der Waals surface area contributed by atoms with Crippen LogP contribution in [0.2, 0.25) is 49.9 Å². The van der Waals surface area contributed by atoms with E-state index in [4.69, 9.17) is 28.5 Å². The Morgan fingerprint density at radius 2 is 1.08 bits per heavy atom. The molecule has 0 unspecified atom stereocenters. The zero-order valence-electron chi connectivity index (χ0n) is 35.1. The molecular formula is C39H78N2O5Si3. The van der Waals surface area contributed by atoms with Crippen LogP contribution in [-0.2, 0) is 18.0 Å². The molecule has 1 aromatic rings. The fraction of sp³-hybridized carbons (Fsp3) is 0.872. The molecule has 1 fully saturated rings. The predicted octanol–water partition coefficient (Wildman–Crippen LogP) is 11.8. The molecule has 10 heteroatoms. The largest absolute Gasteiger partial charge is 0.481 e. The third kappa shape index (κ3) is 8.90. The van der Waals surface area contributed by atoms with Crippen LogP contribution in [-0.4, -0.2) is 62.0 Å². The van der Waals surface area contributed by atoms with Crippen LogP contribution >= 0.6 is 0 Å². The first-order chi connectivity index (χ1) is 22.6. The second kappa shape index (κ2) is 17.8. The average molecular weight is 739 g/mol. The average Bonchev–Trinajstić information content (AvgIpc) is 2.97. The normalized spacial score (nSPS) is 21.6. The summed E-state index contributed by atoms with van der Waals surface area (Å²) in [5, 5.41) is 0. The summed E-state index contributed by atoms with van der Waals surface area (Å²) in [5.41, 5.74) is 12.2. The molecule has 1 saturated heterocycles. The van der Waals surface area contributed by atoms with Gasteiger partial charge in [-0.3, -0.25) is 0 Å². The molecule has 0 saturated carbocycles. The minimum atomic E-state index is -2.36. The van der Waals surface area contributed by atoms with E-state index in [-0.39, 0.29) is 24.4 Å². The Morgan fingerprint density at radius 1 is 0.673 bits per heavy atom. The van der Waals surface area contributed by atoms with Crippen molar-refractivity contribution in [1.29, 1.82) is 0 Å². The summed E-state index contributed by atoms with van der Waals surface area (Å²) in [6, 6.07) is 1.81. The summed E-state index contributed by atoms with van der Waals surface area (Å²) < 4.78 is 35.7. The maximum atomic E-state index is 7.85. The first-order valence-electron chi connectivity index (χ1n) is 19.5.